The molecule has 0 atom stereocenters. The van der Waals surface area contributed by atoms with Gasteiger partial charge in [0.05, 0.1) is 5.56 Å². The average molecular weight is 356 g/mol. The van der Waals surface area contributed by atoms with Gasteiger partial charge in [-0.15, -0.1) is 0 Å². The van der Waals surface area contributed by atoms with Crippen LogP contribution in [0.15, 0.2) is 60.7 Å². The Balaban J connectivity index is 2.29. The maximum Gasteiger partial charge on any atom is 0.534 e. The Kier molecular flexibility index (Phi) is 5.08. The van der Waals surface area contributed by atoms with E-state index >= 15 is 0 Å². The van der Waals surface area contributed by atoms with Gasteiger partial charge in [-0.05, 0) is 23.8 Å². The number of alkyl halides is 3. The largest absolute Gasteiger partial charge is 0.534 e. The molecule has 2 aromatic rings. The summed E-state index contributed by atoms with van der Waals surface area (Å²) >= 11 is 0. The van der Waals surface area contributed by atoms with E-state index in [1.54, 1.807) is 30.3 Å². The average Bonchev–Trinajstić information content (AvgIpc) is 2.52. The Morgan fingerprint density at radius 1 is 0.958 bits per heavy atom. The minimum atomic E-state index is -5.85. The number of benzene rings is 2. The number of carbonyl (C=O) groups excluding carboxylic acids is 1. The van der Waals surface area contributed by atoms with Crippen molar-refractivity contribution in [2.75, 3.05) is 0 Å². The summed E-state index contributed by atoms with van der Waals surface area (Å²) in [6, 6.07) is 13.5. The Labute approximate surface area is 136 Å². The highest BCUT2D eigenvalue weighted by atomic mass is 32.2. The van der Waals surface area contributed by atoms with E-state index in [9.17, 15) is 26.4 Å². The molecule has 0 saturated heterocycles. The summed E-state index contributed by atoms with van der Waals surface area (Å²) < 4.78 is 63.5. The van der Waals surface area contributed by atoms with Gasteiger partial charge in [-0.25, -0.2) is 0 Å². The van der Waals surface area contributed by atoms with Gasteiger partial charge in [-0.3, -0.25) is 4.79 Å². The van der Waals surface area contributed by atoms with E-state index in [1.807, 2.05) is 0 Å². The number of para-hydroxylation sites is 1. The van der Waals surface area contributed by atoms with Gasteiger partial charge in [0.25, 0.3) is 0 Å². The lowest BCUT2D eigenvalue weighted by Gasteiger charge is -2.11. The maximum atomic E-state index is 12.4. The van der Waals surface area contributed by atoms with Crippen LogP contribution in [0.5, 0.6) is 5.75 Å². The molecule has 0 N–H and O–H groups in total. The molecule has 0 aliphatic heterocycles. The van der Waals surface area contributed by atoms with Crippen LogP contribution in [0.4, 0.5) is 13.2 Å². The highest BCUT2D eigenvalue weighted by Gasteiger charge is 2.48. The lowest BCUT2D eigenvalue weighted by Crippen LogP contribution is -2.28. The number of ketones is 1. The van der Waals surface area contributed by atoms with E-state index in [1.165, 1.54) is 24.3 Å². The van der Waals surface area contributed by atoms with Crippen molar-refractivity contribution >= 4 is 22.0 Å². The number of rotatable bonds is 5. The van der Waals surface area contributed by atoms with Crippen LogP contribution < -0.4 is 4.18 Å². The van der Waals surface area contributed by atoms with Crippen molar-refractivity contribution < 1.29 is 30.6 Å². The standard InChI is InChI=1S/C16H11F3O4S/c17-16(18,19)24(21,22)23-15-9-5-4-8-13(15)14(20)11-10-12-6-2-1-3-7-12/h1-11H/b11-10+. The molecular weight excluding hydrogens is 345 g/mol. The van der Waals surface area contributed by atoms with Crippen LogP contribution in [-0.4, -0.2) is 19.7 Å². The summed E-state index contributed by atoms with van der Waals surface area (Å²) in [4.78, 5) is 12.1. The van der Waals surface area contributed by atoms with E-state index in [4.69, 9.17) is 0 Å². The first-order chi connectivity index (χ1) is 11.2. The summed E-state index contributed by atoms with van der Waals surface area (Å²) in [6.07, 6.45) is 2.58. The third-order valence-corrected chi connectivity index (χ3v) is 3.83. The molecule has 0 spiro atoms. The molecule has 0 fully saturated rings. The smallest absolute Gasteiger partial charge is 0.375 e. The number of hydrogen-bond acceptors (Lipinski definition) is 4. The summed E-state index contributed by atoms with van der Waals surface area (Å²) in [5.41, 5.74) is -5.17. The quantitative estimate of drug-likeness (QED) is 0.354. The fourth-order valence-electron chi connectivity index (χ4n) is 1.73. The van der Waals surface area contributed by atoms with E-state index in [0.717, 1.165) is 12.1 Å². The van der Waals surface area contributed by atoms with Crippen LogP contribution in [0.1, 0.15) is 15.9 Å². The van der Waals surface area contributed by atoms with Crippen molar-refractivity contribution in [3.05, 3.63) is 71.8 Å². The third kappa shape index (κ3) is 4.23. The molecule has 0 unspecified atom stereocenters. The lowest BCUT2D eigenvalue weighted by atomic mass is 10.1. The van der Waals surface area contributed by atoms with Crippen molar-refractivity contribution in [1.82, 2.24) is 0 Å². The van der Waals surface area contributed by atoms with Gasteiger partial charge in [0, 0.05) is 0 Å². The molecule has 2 aromatic carbocycles. The molecule has 0 aromatic heterocycles. The van der Waals surface area contributed by atoms with Crippen molar-refractivity contribution in [3.8, 4) is 5.75 Å². The molecule has 126 valence electrons. The molecule has 2 rings (SSSR count). The molecule has 0 saturated carbocycles. The summed E-state index contributed by atoms with van der Waals surface area (Å²) in [6.45, 7) is 0. The molecule has 0 amide bonds. The van der Waals surface area contributed by atoms with Crippen molar-refractivity contribution in [3.63, 3.8) is 0 Å². The highest BCUT2D eigenvalue weighted by Crippen LogP contribution is 2.29. The first-order valence-corrected chi connectivity index (χ1v) is 7.99. The molecule has 0 radical (unpaired) electrons. The van der Waals surface area contributed by atoms with E-state index in [0.29, 0.717) is 5.56 Å². The van der Waals surface area contributed by atoms with Crippen LogP contribution in [0.2, 0.25) is 0 Å². The van der Waals surface area contributed by atoms with Crippen LogP contribution in [0.3, 0.4) is 0 Å². The monoisotopic (exact) mass is 356 g/mol. The summed E-state index contributed by atoms with van der Waals surface area (Å²) in [5, 5.41) is 0. The zero-order chi connectivity index (χ0) is 17.8. The fourth-order valence-corrected chi connectivity index (χ4v) is 2.21. The zero-order valence-corrected chi connectivity index (χ0v) is 12.8. The van der Waals surface area contributed by atoms with Gasteiger partial charge in [0.15, 0.2) is 11.5 Å². The van der Waals surface area contributed by atoms with Crippen LogP contribution >= 0.6 is 0 Å². The van der Waals surface area contributed by atoms with Gasteiger partial charge in [-0.1, -0.05) is 48.5 Å². The van der Waals surface area contributed by atoms with E-state index in [-0.39, 0.29) is 5.56 Å². The normalized spacial score (nSPS) is 12.3. The minimum Gasteiger partial charge on any atom is -0.375 e. The van der Waals surface area contributed by atoms with Gasteiger partial charge in [0.1, 0.15) is 0 Å². The minimum absolute atomic E-state index is 0.294. The zero-order valence-electron chi connectivity index (χ0n) is 12.0. The van der Waals surface area contributed by atoms with Crippen LogP contribution in [0, 0.1) is 0 Å². The molecular formula is C16H11F3O4S. The van der Waals surface area contributed by atoms with Gasteiger partial charge >= 0.3 is 15.6 Å². The first-order valence-electron chi connectivity index (χ1n) is 6.58. The Bertz CT molecular complexity index is 856. The Hall–Kier alpha value is -2.61. The predicted octanol–water partition coefficient (Wildman–Crippen LogP) is 3.81. The second-order valence-electron chi connectivity index (χ2n) is 4.59. The van der Waals surface area contributed by atoms with Gasteiger partial charge < -0.3 is 4.18 Å². The maximum absolute atomic E-state index is 12.4. The van der Waals surface area contributed by atoms with Gasteiger partial charge in [-0.2, -0.15) is 21.6 Å². The van der Waals surface area contributed by atoms with Crippen molar-refractivity contribution in [2.45, 2.75) is 5.51 Å². The van der Waals surface area contributed by atoms with Crippen molar-refractivity contribution in [1.29, 1.82) is 0 Å². The Morgan fingerprint density at radius 2 is 1.54 bits per heavy atom. The second kappa shape index (κ2) is 6.88. The Morgan fingerprint density at radius 3 is 2.17 bits per heavy atom. The third-order valence-electron chi connectivity index (χ3n) is 2.86. The van der Waals surface area contributed by atoms with Crippen molar-refractivity contribution in [2.24, 2.45) is 0 Å². The highest BCUT2D eigenvalue weighted by molar-refractivity contribution is 7.88. The van der Waals surface area contributed by atoms with Crippen LogP contribution in [-0.2, 0) is 10.1 Å². The van der Waals surface area contributed by atoms with Gasteiger partial charge in [0.2, 0.25) is 0 Å². The molecule has 0 aliphatic carbocycles. The number of carbonyl (C=O) groups is 1. The summed E-state index contributed by atoms with van der Waals surface area (Å²) in [5.74, 6) is -1.37. The number of halogens is 3. The van der Waals surface area contributed by atoms with E-state index < -0.39 is 27.2 Å². The SMILES string of the molecule is O=C(/C=C/c1ccccc1)c1ccccc1OS(=O)(=O)C(F)(F)F. The number of allylic oxidation sites excluding steroid dienone is 1. The summed E-state index contributed by atoms with van der Waals surface area (Å²) in [7, 11) is -5.85. The molecule has 4 nitrogen and oxygen atoms in total. The van der Waals surface area contributed by atoms with Crippen LogP contribution in [0.25, 0.3) is 6.08 Å². The molecule has 0 aliphatic rings. The molecule has 0 bridgehead atoms. The molecule has 8 heteroatoms. The number of hydrogen-bond donors (Lipinski definition) is 0. The fraction of sp³-hybridized carbons (Fsp3) is 0.0625. The second-order valence-corrected chi connectivity index (χ2v) is 6.13. The topological polar surface area (TPSA) is 60.4 Å². The predicted molar refractivity (Wildman–Crippen MR) is 81.9 cm³/mol. The molecule has 24 heavy (non-hydrogen) atoms. The molecule has 0 heterocycles. The van der Waals surface area contributed by atoms with E-state index in [2.05, 4.69) is 4.18 Å². The first kappa shape index (κ1) is 17.7. The lowest BCUT2D eigenvalue weighted by molar-refractivity contribution is -0.0500.